The van der Waals surface area contributed by atoms with E-state index < -0.39 is 0 Å². The predicted octanol–water partition coefficient (Wildman–Crippen LogP) is 1.96. The van der Waals surface area contributed by atoms with Crippen molar-refractivity contribution < 1.29 is 14.6 Å². The minimum absolute atomic E-state index is 0.0267. The second kappa shape index (κ2) is 6.75. The van der Waals surface area contributed by atoms with Crippen LogP contribution in [0.15, 0.2) is 18.2 Å². The molecule has 0 bridgehead atoms. The van der Waals surface area contributed by atoms with Crippen LogP contribution in [0.3, 0.4) is 0 Å². The van der Waals surface area contributed by atoms with E-state index in [4.69, 9.17) is 4.74 Å². The molecule has 0 radical (unpaired) electrons. The summed E-state index contributed by atoms with van der Waals surface area (Å²) in [5.74, 6) is 0.834. The van der Waals surface area contributed by atoms with Gasteiger partial charge >= 0.3 is 0 Å². The molecule has 1 amide bonds. The molecule has 1 aliphatic carbocycles. The zero-order valence-electron chi connectivity index (χ0n) is 12.2. The van der Waals surface area contributed by atoms with Gasteiger partial charge in [0, 0.05) is 18.6 Å². The molecule has 0 aromatic heterocycles. The van der Waals surface area contributed by atoms with Gasteiger partial charge in [-0.15, -0.1) is 0 Å². The van der Waals surface area contributed by atoms with E-state index >= 15 is 0 Å². The van der Waals surface area contributed by atoms with Gasteiger partial charge < -0.3 is 15.2 Å². The van der Waals surface area contributed by atoms with E-state index in [1.54, 1.807) is 0 Å². The molecular formula is C16H23NO3. The van der Waals surface area contributed by atoms with Crippen LogP contribution in [-0.4, -0.2) is 30.3 Å². The van der Waals surface area contributed by atoms with Gasteiger partial charge in [0.1, 0.15) is 5.75 Å². The monoisotopic (exact) mass is 277 g/mol. The highest BCUT2D eigenvalue weighted by Crippen LogP contribution is 2.25. The molecule has 4 nitrogen and oxygen atoms in total. The Kier molecular flexibility index (Phi) is 5.01. The average molecular weight is 277 g/mol. The smallest absolute Gasteiger partial charge is 0.258 e. The summed E-state index contributed by atoms with van der Waals surface area (Å²) < 4.78 is 5.58. The lowest BCUT2D eigenvalue weighted by molar-refractivity contribution is -0.124. The van der Waals surface area contributed by atoms with E-state index in [1.807, 2.05) is 32.0 Å². The van der Waals surface area contributed by atoms with Crippen LogP contribution in [0.2, 0.25) is 0 Å². The summed E-state index contributed by atoms with van der Waals surface area (Å²) >= 11 is 0. The normalized spacial score (nSPS) is 21.8. The Morgan fingerprint density at radius 1 is 1.40 bits per heavy atom. The molecular weight excluding hydrogens is 254 g/mol. The Morgan fingerprint density at radius 2 is 2.20 bits per heavy atom. The molecule has 2 unspecified atom stereocenters. The van der Waals surface area contributed by atoms with Gasteiger partial charge in [0.15, 0.2) is 6.61 Å². The van der Waals surface area contributed by atoms with Crippen molar-refractivity contribution in [3.05, 3.63) is 29.3 Å². The molecule has 1 fully saturated rings. The number of ether oxygens (including phenoxy) is 1. The standard InChI is InChI=1S/C16H23NO3/c1-11-6-7-12(2)15(8-11)20-10-16(19)17-14-5-3-4-13(14)9-18/h6-8,13-14,18H,3-5,9-10H2,1-2H3,(H,17,19). The van der Waals surface area contributed by atoms with Crippen LogP contribution in [-0.2, 0) is 4.79 Å². The summed E-state index contributed by atoms with van der Waals surface area (Å²) in [5, 5.41) is 12.2. The molecule has 2 atom stereocenters. The maximum absolute atomic E-state index is 11.9. The topological polar surface area (TPSA) is 58.6 Å². The van der Waals surface area contributed by atoms with Crippen LogP contribution in [0.5, 0.6) is 5.75 Å². The fourth-order valence-corrected chi connectivity index (χ4v) is 2.70. The molecule has 110 valence electrons. The van der Waals surface area contributed by atoms with Crippen molar-refractivity contribution >= 4 is 5.91 Å². The highest BCUT2D eigenvalue weighted by atomic mass is 16.5. The number of rotatable bonds is 5. The largest absolute Gasteiger partial charge is 0.483 e. The summed E-state index contributed by atoms with van der Waals surface area (Å²) in [6, 6.07) is 6.04. The summed E-state index contributed by atoms with van der Waals surface area (Å²) in [4.78, 5) is 11.9. The van der Waals surface area contributed by atoms with Gasteiger partial charge in [-0.2, -0.15) is 0 Å². The van der Waals surface area contributed by atoms with E-state index in [1.165, 1.54) is 0 Å². The Balaban J connectivity index is 1.84. The molecule has 4 heteroatoms. The lowest BCUT2D eigenvalue weighted by atomic mass is 10.1. The Bertz CT molecular complexity index is 473. The molecule has 1 saturated carbocycles. The summed E-state index contributed by atoms with van der Waals surface area (Å²) in [7, 11) is 0. The van der Waals surface area contributed by atoms with Crippen LogP contribution in [0.1, 0.15) is 30.4 Å². The predicted molar refractivity (Wildman–Crippen MR) is 77.8 cm³/mol. The summed E-state index contributed by atoms with van der Waals surface area (Å²) in [6.07, 6.45) is 2.99. The van der Waals surface area contributed by atoms with Gasteiger partial charge in [-0.1, -0.05) is 18.6 Å². The van der Waals surface area contributed by atoms with Gasteiger partial charge in [0.25, 0.3) is 5.91 Å². The zero-order chi connectivity index (χ0) is 14.5. The Hall–Kier alpha value is -1.55. The lowest BCUT2D eigenvalue weighted by Gasteiger charge is -2.19. The van der Waals surface area contributed by atoms with Gasteiger partial charge in [-0.25, -0.2) is 0 Å². The van der Waals surface area contributed by atoms with Crippen molar-refractivity contribution in [2.45, 2.75) is 39.2 Å². The first-order chi connectivity index (χ1) is 9.60. The number of aryl methyl sites for hydroxylation is 2. The van der Waals surface area contributed by atoms with Gasteiger partial charge in [-0.3, -0.25) is 4.79 Å². The number of nitrogens with one attached hydrogen (secondary N) is 1. The first-order valence-corrected chi connectivity index (χ1v) is 7.20. The molecule has 1 aromatic rings. The Labute approximate surface area is 120 Å². The van der Waals surface area contributed by atoms with Crippen molar-refractivity contribution in [2.75, 3.05) is 13.2 Å². The fraction of sp³-hybridized carbons (Fsp3) is 0.562. The quantitative estimate of drug-likeness (QED) is 0.865. The number of hydrogen-bond donors (Lipinski definition) is 2. The van der Waals surface area contributed by atoms with Crippen LogP contribution in [0.25, 0.3) is 0 Å². The second-order valence-electron chi connectivity index (χ2n) is 5.61. The number of hydrogen-bond acceptors (Lipinski definition) is 3. The molecule has 1 aliphatic rings. The van der Waals surface area contributed by atoms with Crippen LogP contribution in [0.4, 0.5) is 0 Å². The number of carbonyl (C=O) groups excluding carboxylic acids is 1. The summed E-state index contributed by atoms with van der Waals surface area (Å²) in [5.41, 5.74) is 2.14. The second-order valence-corrected chi connectivity index (χ2v) is 5.61. The molecule has 20 heavy (non-hydrogen) atoms. The van der Waals surface area contributed by atoms with Crippen LogP contribution >= 0.6 is 0 Å². The van der Waals surface area contributed by atoms with Crippen LogP contribution in [0, 0.1) is 19.8 Å². The number of aliphatic hydroxyl groups excluding tert-OH is 1. The Morgan fingerprint density at radius 3 is 2.95 bits per heavy atom. The fourth-order valence-electron chi connectivity index (χ4n) is 2.70. The average Bonchev–Trinajstić information content (AvgIpc) is 2.87. The van der Waals surface area contributed by atoms with E-state index in [0.717, 1.165) is 36.1 Å². The SMILES string of the molecule is Cc1ccc(C)c(OCC(=O)NC2CCCC2CO)c1. The van der Waals surface area contributed by atoms with Crippen molar-refractivity contribution in [1.82, 2.24) is 5.32 Å². The van der Waals surface area contributed by atoms with E-state index in [9.17, 15) is 9.90 Å². The third kappa shape index (κ3) is 3.73. The lowest BCUT2D eigenvalue weighted by Crippen LogP contribution is -2.41. The van der Waals surface area contributed by atoms with Crippen LogP contribution < -0.4 is 10.1 Å². The third-order valence-electron chi connectivity index (χ3n) is 3.94. The molecule has 1 aromatic carbocycles. The van der Waals surface area contributed by atoms with Crippen molar-refractivity contribution in [3.8, 4) is 5.75 Å². The molecule has 0 saturated heterocycles. The van der Waals surface area contributed by atoms with E-state index in [2.05, 4.69) is 5.32 Å². The van der Waals surface area contributed by atoms with E-state index in [-0.39, 0.29) is 31.1 Å². The van der Waals surface area contributed by atoms with Gasteiger partial charge in [-0.05, 0) is 43.9 Å². The maximum Gasteiger partial charge on any atom is 0.258 e. The van der Waals surface area contributed by atoms with Crippen molar-refractivity contribution in [2.24, 2.45) is 5.92 Å². The molecule has 0 spiro atoms. The minimum atomic E-state index is -0.115. The van der Waals surface area contributed by atoms with Gasteiger partial charge in [0.05, 0.1) is 0 Å². The first-order valence-electron chi connectivity index (χ1n) is 7.20. The number of amides is 1. The number of carbonyl (C=O) groups is 1. The number of aliphatic hydroxyl groups is 1. The molecule has 2 rings (SSSR count). The van der Waals surface area contributed by atoms with Gasteiger partial charge in [0.2, 0.25) is 0 Å². The minimum Gasteiger partial charge on any atom is -0.483 e. The first kappa shape index (κ1) is 14.9. The molecule has 2 N–H and O–H groups in total. The highest BCUT2D eigenvalue weighted by Gasteiger charge is 2.27. The third-order valence-corrected chi connectivity index (χ3v) is 3.94. The van der Waals surface area contributed by atoms with Crippen molar-refractivity contribution in [3.63, 3.8) is 0 Å². The van der Waals surface area contributed by atoms with Crippen molar-refractivity contribution in [1.29, 1.82) is 0 Å². The highest BCUT2D eigenvalue weighted by molar-refractivity contribution is 5.78. The summed E-state index contributed by atoms with van der Waals surface area (Å²) in [6.45, 7) is 4.13. The molecule has 0 aliphatic heterocycles. The molecule has 0 heterocycles. The number of benzene rings is 1. The van der Waals surface area contributed by atoms with E-state index in [0.29, 0.717) is 0 Å². The zero-order valence-corrected chi connectivity index (χ0v) is 12.2. The maximum atomic E-state index is 11.9.